The molecule has 0 aromatic heterocycles. The Hall–Kier alpha value is -0.0400. The molecule has 0 amide bonds. The van der Waals surface area contributed by atoms with Crippen LogP contribution in [0.25, 0.3) is 0 Å². The van der Waals surface area contributed by atoms with E-state index >= 15 is 0 Å². The van der Waals surface area contributed by atoms with E-state index in [1.165, 1.54) is 6.54 Å². The van der Waals surface area contributed by atoms with Gasteiger partial charge in [-0.05, 0) is 20.8 Å². The van der Waals surface area contributed by atoms with Crippen LogP contribution in [0, 0.1) is 5.92 Å². The number of hydrogen-bond acceptors (Lipinski definition) is 0. The van der Waals surface area contributed by atoms with Crippen molar-refractivity contribution in [1.29, 1.82) is 0 Å². The molecule has 0 aliphatic rings. The Kier molecular flexibility index (Phi) is 3.13. The second-order valence-corrected chi connectivity index (χ2v) is 5.43. The van der Waals surface area contributed by atoms with Crippen molar-refractivity contribution in [1.82, 2.24) is 0 Å². The normalized spacial score (nSPS) is 14.2. The van der Waals surface area contributed by atoms with E-state index in [4.69, 9.17) is 0 Å². The first-order valence-electron chi connectivity index (χ1n) is 4.50. The van der Waals surface area contributed by atoms with E-state index in [0.29, 0.717) is 5.54 Å². The summed E-state index contributed by atoms with van der Waals surface area (Å²) in [5.74, 6) is 0.782. The third-order valence-electron chi connectivity index (χ3n) is 2.64. The molecule has 0 rings (SSSR count). The van der Waals surface area contributed by atoms with Crippen molar-refractivity contribution in [2.45, 2.75) is 40.2 Å². The summed E-state index contributed by atoms with van der Waals surface area (Å²) < 4.78 is 1.10. The molecule has 0 aliphatic carbocycles. The van der Waals surface area contributed by atoms with Crippen LogP contribution in [-0.2, 0) is 0 Å². The van der Waals surface area contributed by atoms with Crippen LogP contribution in [0.4, 0.5) is 0 Å². The summed E-state index contributed by atoms with van der Waals surface area (Å²) in [7, 11) is 4.61. The summed E-state index contributed by atoms with van der Waals surface area (Å²) >= 11 is 0. The fourth-order valence-electron chi connectivity index (χ4n) is 1.19. The Morgan fingerprint density at radius 3 is 1.55 bits per heavy atom. The fourth-order valence-corrected chi connectivity index (χ4v) is 1.19. The van der Waals surface area contributed by atoms with Crippen LogP contribution in [0.5, 0.6) is 0 Å². The minimum atomic E-state index is 0.365. The second kappa shape index (κ2) is 3.14. The molecule has 1 nitrogen and oxygen atoms in total. The summed E-state index contributed by atoms with van der Waals surface area (Å²) in [5.41, 5.74) is 0.365. The van der Waals surface area contributed by atoms with Crippen molar-refractivity contribution in [3.8, 4) is 0 Å². The number of nitrogens with zero attached hydrogens (tertiary/aromatic N) is 1. The maximum absolute atomic E-state index is 2.31. The lowest BCUT2D eigenvalue weighted by Crippen LogP contribution is -2.55. The van der Waals surface area contributed by atoms with Crippen LogP contribution in [0.3, 0.4) is 0 Å². The highest BCUT2D eigenvalue weighted by atomic mass is 15.4. The van der Waals surface area contributed by atoms with Gasteiger partial charge in [-0.25, -0.2) is 0 Å². The van der Waals surface area contributed by atoms with E-state index in [1.807, 2.05) is 0 Å². The molecule has 0 fully saturated rings. The molecule has 0 aromatic carbocycles. The zero-order valence-electron chi connectivity index (χ0n) is 9.23. The van der Waals surface area contributed by atoms with Crippen LogP contribution in [0.2, 0.25) is 0 Å². The van der Waals surface area contributed by atoms with Gasteiger partial charge in [-0.2, -0.15) is 0 Å². The zero-order chi connectivity index (χ0) is 9.28. The molecule has 0 N–H and O–H groups in total. The highest BCUT2D eigenvalue weighted by Gasteiger charge is 2.31. The summed E-state index contributed by atoms with van der Waals surface area (Å²) in [5, 5.41) is 0. The van der Waals surface area contributed by atoms with E-state index in [9.17, 15) is 0 Å². The minimum absolute atomic E-state index is 0.365. The van der Waals surface area contributed by atoms with Gasteiger partial charge in [0.1, 0.15) is 0 Å². The fraction of sp³-hybridized carbons (Fsp3) is 1.00. The van der Waals surface area contributed by atoms with Gasteiger partial charge in [0.25, 0.3) is 0 Å². The first kappa shape index (κ1) is 11.0. The Morgan fingerprint density at radius 2 is 1.45 bits per heavy atom. The highest BCUT2D eigenvalue weighted by molar-refractivity contribution is 4.61. The summed E-state index contributed by atoms with van der Waals surface area (Å²) in [6.07, 6.45) is 0. The third-order valence-corrected chi connectivity index (χ3v) is 2.64. The maximum Gasteiger partial charge on any atom is 0.0903 e. The summed E-state index contributed by atoms with van der Waals surface area (Å²) in [6, 6.07) is 0. The van der Waals surface area contributed by atoms with Gasteiger partial charge in [-0.1, -0.05) is 13.8 Å². The van der Waals surface area contributed by atoms with Crippen molar-refractivity contribution in [3.63, 3.8) is 0 Å². The first-order chi connectivity index (χ1) is 4.67. The molecule has 0 atom stereocenters. The Balaban J connectivity index is 4.22. The maximum atomic E-state index is 2.31. The third kappa shape index (κ3) is 3.24. The largest absolute Gasteiger partial charge is 0.324 e. The Labute approximate surface area is 72.0 Å². The molecule has 0 spiro atoms. The van der Waals surface area contributed by atoms with Gasteiger partial charge in [-0.3, -0.25) is 0 Å². The molecule has 1 heteroatoms. The van der Waals surface area contributed by atoms with Crippen LogP contribution < -0.4 is 0 Å². The molecular formula is C10H24N+. The average Bonchev–Trinajstić information content (AvgIpc) is 1.56. The SMILES string of the molecule is CC(C)C[N+](C)(C)C(C)(C)C. The molecule has 0 saturated carbocycles. The molecule has 0 aromatic rings. The molecule has 0 heterocycles. The van der Waals surface area contributed by atoms with Crippen molar-refractivity contribution in [3.05, 3.63) is 0 Å². The van der Waals surface area contributed by atoms with Crippen LogP contribution in [0.15, 0.2) is 0 Å². The van der Waals surface area contributed by atoms with Gasteiger partial charge in [0, 0.05) is 5.92 Å². The lowest BCUT2D eigenvalue weighted by atomic mass is 10.0. The second-order valence-electron chi connectivity index (χ2n) is 5.43. The van der Waals surface area contributed by atoms with Crippen molar-refractivity contribution >= 4 is 0 Å². The highest BCUT2D eigenvalue weighted by Crippen LogP contribution is 2.20. The lowest BCUT2D eigenvalue weighted by Gasteiger charge is -2.43. The Bertz CT molecular complexity index is 117. The number of rotatable bonds is 2. The van der Waals surface area contributed by atoms with Crippen LogP contribution in [-0.4, -0.2) is 30.7 Å². The van der Waals surface area contributed by atoms with Crippen LogP contribution in [0.1, 0.15) is 34.6 Å². The van der Waals surface area contributed by atoms with Crippen LogP contribution >= 0.6 is 0 Å². The van der Waals surface area contributed by atoms with E-state index in [-0.39, 0.29) is 0 Å². The number of hydrogen-bond donors (Lipinski definition) is 0. The minimum Gasteiger partial charge on any atom is -0.324 e. The molecule has 0 radical (unpaired) electrons. The van der Waals surface area contributed by atoms with Gasteiger partial charge in [0.15, 0.2) is 0 Å². The van der Waals surface area contributed by atoms with Gasteiger partial charge in [0.05, 0.1) is 26.2 Å². The quantitative estimate of drug-likeness (QED) is 0.542. The van der Waals surface area contributed by atoms with Crippen molar-refractivity contribution in [2.24, 2.45) is 5.92 Å². The predicted octanol–water partition coefficient (Wildman–Crippen LogP) is 2.52. The number of quaternary nitrogens is 1. The standard InChI is InChI=1S/C10H24N/c1-9(2)8-11(6,7)10(3,4)5/h9H,8H2,1-7H3/q+1. The molecule has 0 bridgehead atoms. The van der Waals surface area contributed by atoms with Crippen molar-refractivity contribution in [2.75, 3.05) is 20.6 Å². The van der Waals surface area contributed by atoms with E-state index in [2.05, 4.69) is 48.7 Å². The zero-order valence-corrected chi connectivity index (χ0v) is 9.23. The first-order valence-corrected chi connectivity index (χ1v) is 4.50. The smallest absolute Gasteiger partial charge is 0.0903 e. The summed E-state index contributed by atoms with van der Waals surface area (Å²) in [6.45, 7) is 12.7. The Morgan fingerprint density at radius 1 is 1.09 bits per heavy atom. The van der Waals surface area contributed by atoms with Crippen molar-refractivity contribution < 1.29 is 4.48 Å². The summed E-state index contributed by atoms with van der Waals surface area (Å²) in [4.78, 5) is 0. The molecule has 68 valence electrons. The van der Waals surface area contributed by atoms with Gasteiger partial charge >= 0.3 is 0 Å². The topological polar surface area (TPSA) is 0 Å². The van der Waals surface area contributed by atoms with E-state index in [1.54, 1.807) is 0 Å². The molecule has 0 unspecified atom stereocenters. The van der Waals surface area contributed by atoms with Gasteiger partial charge in [-0.15, -0.1) is 0 Å². The monoisotopic (exact) mass is 158 g/mol. The molecule has 0 saturated heterocycles. The average molecular weight is 158 g/mol. The molecular weight excluding hydrogens is 134 g/mol. The molecule has 0 aliphatic heterocycles. The van der Waals surface area contributed by atoms with Gasteiger partial charge in [0.2, 0.25) is 0 Å². The predicted molar refractivity (Wildman–Crippen MR) is 51.6 cm³/mol. The van der Waals surface area contributed by atoms with E-state index in [0.717, 1.165) is 10.4 Å². The van der Waals surface area contributed by atoms with E-state index < -0.39 is 0 Å². The molecule has 11 heavy (non-hydrogen) atoms. The van der Waals surface area contributed by atoms with Gasteiger partial charge < -0.3 is 4.48 Å². The lowest BCUT2D eigenvalue weighted by molar-refractivity contribution is -0.938.